The van der Waals surface area contributed by atoms with Crippen LogP contribution in [0.2, 0.25) is 0 Å². The molecule has 0 saturated carbocycles. The molecule has 0 spiro atoms. The van der Waals surface area contributed by atoms with Gasteiger partial charge in [0, 0.05) is 38.9 Å². The Hall–Kier alpha value is -3.15. The van der Waals surface area contributed by atoms with Gasteiger partial charge in [0.2, 0.25) is 5.88 Å². The summed E-state index contributed by atoms with van der Waals surface area (Å²) >= 11 is 0. The fraction of sp³-hybridized carbons (Fsp3) is 0.393. The van der Waals surface area contributed by atoms with E-state index in [9.17, 15) is 5.11 Å². The third kappa shape index (κ3) is 6.93. The second kappa shape index (κ2) is 12.5. The van der Waals surface area contributed by atoms with E-state index in [1.54, 1.807) is 4.68 Å². The smallest absolute Gasteiger partial charge is 0.222 e. The van der Waals surface area contributed by atoms with Crippen LogP contribution in [0.15, 0.2) is 60.7 Å². The number of para-hydroxylation sites is 1. The molecular weight excluding hydrogens is 442 g/mol. The molecule has 0 bridgehead atoms. The Morgan fingerprint density at radius 1 is 1.20 bits per heavy atom. The van der Waals surface area contributed by atoms with Crippen molar-refractivity contribution in [3.63, 3.8) is 0 Å². The zero-order valence-electron chi connectivity index (χ0n) is 20.2. The standard InChI is InChI=1S/C28H33N3O4/c1-3-16-33-21-23(32)18-31(19-25-15-10-17-34-25)20-26-27(22-11-6-4-7-12-22)29-30(2)28(26)35-24-13-8-5-9-14-24/h1,4-9,11-14,23,25,32H,10,15-21H2,2H3/t23-,25-/m1/s1. The molecule has 7 heteroatoms. The van der Waals surface area contributed by atoms with Crippen LogP contribution in [0.1, 0.15) is 18.4 Å². The zero-order chi connectivity index (χ0) is 24.5. The third-order valence-electron chi connectivity index (χ3n) is 5.93. The summed E-state index contributed by atoms with van der Waals surface area (Å²) in [6.07, 6.45) is 6.78. The van der Waals surface area contributed by atoms with Gasteiger partial charge < -0.3 is 19.3 Å². The lowest BCUT2D eigenvalue weighted by Crippen LogP contribution is -2.39. The van der Waals surface area contributed by atoms with Gasteiger partial charge in [-0.05, 0) is 25.0 Å². The van der Waals surface area contributed by atoms with Crippen molar-refractivity contribution in [3.8, 4) is 35.2 Å². The maximum atomic E-state index is 10.7. The van der Waals surface area contributed by atoms with Crippen molar-refractivity contribution in [1.82, 2.24) is 14.7 Å². The van der Waals surface area contributed by atoms with Gasteiger partial charge in [0.05, 0.1) is 24.4 Å². The van der Waals surface area contributed by atoms with Crippen molar-refractivity contribution in [3.05, 3.63) is 66.2 Å². The molecule has 0 amide bonds. The Bertz CT molecular complexity index is 1090. The first-order chi connectivity index (χ1) is 17.1. The molecule has 1 aliphatic heterocycles. The summed E-state index contributed by atoms with van der Waals surface area (Å²) in [4.78, 5) is 2.20. The average Bonchev–Trinajstić information content (AvgIpc) is 3.49. The number of aliphatic hydroxyl groups is 1. The van der Waals surface area contributed by atoms with E-state index in [0.29, 0.717) is 25.5 Å². The van der Waals surface area contributed by atoms with Crippen LogP contribution in [0.3, 0.4) is 0 Å². The molecule has 1 N–H and O–H groups in total. The van der Waals surface area contributed by atoms with Crippen LogP contribution in [-0.4, -0.2) is 64.9 Å². The highest BCUT2D eigenvalue weighted by Gasteiger charge is 2.26. The van der Waals surface area contributed by atoms with Crippen LogP contribution in [0.25, 0.3) is 11.3 Å². The zero-order valence-corrected chi connectivity index (χ0v) is 20.2. The summed E-state index contributed by atoms with van der Waals surface area (Å²) in [5, 5.41) is 15.5. The summed E-state index contributed by atoms with van der Waals surface area (Å²) in [7, 11) is 1.89. The predicted molar refractivity (Wildman–Crippen MR) is 135 cm³/mol. The molecule has 1 aliphatic rings. The topological polar surface area (TPSA) is 69.0 Å². The van der Waals surface area contributed by atoms with Gasteiger partial charge in [-0.15, -0.1) is 6.42 Å². The molecule has 2 heterocycles. The number of hydrogen-bond acceptors (Lipinski definition) is 6. The summed E-state index contributed by atoms with van der Waals surface area (Å²) in [5.41, 5.74) is 2.82. The second-order valence-electron chi connectivity index (χ2n) is 8.74. The average molecular weight is 476 g/mol. The number of rotatable bonds is 12. The van der Waals surface area contributed by atoms with Crippen LogP contribution < -0.4 is 4.74 Å². The fourth-order valence-electron chi connectivity index (χ4n) is 4.36. The van der Waals surface area contributed by atoms with Crippen molar-refractivity contribution in [2.75, 3.05) is 32.9 Å². The highest BCUT2D eigenvalue weighted by atomic mass is 16.5. The minimum atomic E-state index is -0.680. The molecule has 1 aromatic heterocycles. The Morgan fingerprint density at radius 2 is 1.94 bits per heavy atom. The van der Waals surface area contributed by atoms with E-state index in [1.165, 1.54) is 0 Å². The van der Waals surface area contributed by atoms with Gasteiger partial charge in [-0.2, -0.15) is 5.10 Å². The number of benzene rings is 2. The van der Waals surface area contributed by atoms with Crippen molar-refractivity contribution >= 4 is 0 Å². The Balaban J connectivity index is 1.64. The van der Waals surface area contributed by atoms with Gasteiger partial charge in [-0.1, -0.05) is 54.5 Å². The van der Waals surface area contributed by atoms with E-state index in [2.05, 4.69) is 10.8 Å². The van der Waals surface area contributed by atoms with Crippen LogP contribution >= 0.6 is 0 Å². The Morgan fingerprint density at radius 3 is 2.63 bits per heavy atom. The minimum Gasteiger partial charge on any atom is -0.439 e. The third-order valence-corrected chi connectivity index (χ3v) is 5.93. The first kappa shape index (κ1) is 25.0. The highest BCUT2D eigenvalue weighted by molar-refractivity contribution is 5.65. The molecule has 35 heavy (non-hydrogen) atoms. The number of nitrogens with zero attached hydrogens (tertiary/aromatic N) is 3. The first-order valence-corrected chi connectivity index (χ1v) is 12.0. The van der Waals surface area contributed by atoms with E-state index in [-0.39, 0.29) is 19.3 Å². The maximum Gasteiger partial charge on any atom is 0.222 e. The lowest BCUT2D eigenvalue weighted by molar-refractivity contribution is 0.00943. The molecular formula is C28H33N3O4. The normalized spacial score (nSPS) is 16.3. The lowest BCUT2D eigenvalue weighted by Gasteiger charge is -2.27. The first-order valence-electron chi connectivity index (χ1n) is 12.0. The summed E-state index contributed by atoms with van der Waals surface area (Å²) in [6.45, 7) is 2.78. The molecule has 184 valence electrons. The molecule has 0 unspecified atom stereocenters. The van der Waals surface area contributed by atoms with E-state index in [4.69, 9.17) is 25.7 Å². The van der Waals surface area contributed by atoms with Crippen molar-refractivity contribution in [2.45, 2.75) is 31.6 Å². The minimum absolute atomic E-state index is 0.129. The number of hydrogen-bond donors (Lipinski definition) is 1. The molecule has 2 aromatic carbocycles. The number of aromatic nitrogens is 2. The monoisotopic (exact) mass is 475 g/mol. The molecule has 0 radical (unpaired) electrons. The van der Waals surface area contributed by atoms with Gasteiger partial charge in [0.25, 0.3) is 0 Å². The fourth-order valence-corrected chi connectivity index (χ4v) is 4.36. The number of aryl methyl sites for hydroxylation is 1. The van der Waals surface area contributed by atoms with Gasteiger partial charge in [0.1, 0.15) is 18.1 Å². The Kier molecular flexibility index (Phi) is 8.93. The predicted octanol–water partition coefficient (Wildman–Crippen LogP) is 3.87. The molecule has 7 nitrogen and oxygen atoms in total. The van der Waals surface area contributed by atoms with Crippen molar-refractivity contribution < 1.29 is 19.3 Å². The molecule has 3 aromatic rings. The van der Waals surface area contributed by atoms with E-state index < -0.39 is 6.10 Å². The van der Waals surface area contributed by atoms with Gasteiger partial charge in [0.15, 0.2) is 0 Å². The van der Waals surface area contributed by atoms with E-state index >= 15 is 0 Å². The lowest BCUT2D eigenvalue weighted by atomic mass is 10.1. The number of terminal acetylenes is 1. The highest BCUT2D eigenvalue weighted by Crippen LogP contribution is 2.34. The molecule has 4 rings (SSSR count). The molecule has 0 aliphatic carbocycles. The van der Waals surface area contributed by atoms with Crippen molar-refractivity contribution in [2.24, 2.45) is 7.05 Å². The van der Waals surface area contributed by atoms with Crippen LogP contribution in [-0.2, 0) is 23.1 Å². The quantitative estimate of drug-likeness (QED) is 0.317. The largest absolute Gasteiger partial charge is 0.439 e. The molecule has 2 atom stereocenters. The van der Waals surface area contributed by atoms with E-state index in [0.717, 1.165) is 42.0 Å². The van der Waals surface area contributed by atoms with Crippen molar-refractivity contribution in [1.29, 1.82) is 0 Å². The van der Waals surface area contributed by atoms with Gasteiger partial charge in [-0.25, -0.2) is 4.68 Å². The van der Waals surface area contributed by atoms with Crippen LogP contribution in [0, 0.1) is 12.3 Å². The number of ether oxygens (including phenoxy) is 3. The molecule has 1 fully saturated rings. The molecule has 1 saturated heterocycles. The summed E-state index contributed by atoms with van der Waals surface area (Å²) in [6, 6.07) is 19.8. The SMILES string of the molecule is C#CCOC[C@H](O)CN(Cc1c(-c2ccccc2)nn(C)c1Oc1ccccc1)C[C@H]1CCCO1. The van der Waals surface area contributed by atoms with Gasteiger partial charge >= 0.3 is 0 Å². The second-order valence-corrected chi connectivity index (χ2v) is 8.74. The van der Waals surface area contributed by atoms with Crippen LogP contribution in [0.4, 0.5) is 0 Å². The van der Waals surface area contributed by atoms with Crippen LogP contribution in [0.5, 0.6) is 11.6 Å². The Labute approximate surface area is 207 Å². The van der Waals surface area contributed by atoms with Gasteiger partial charge in [-0.3, -0.25) is 4.90 Å². The maximum absolute atomic E-state index is 10.7. The summed E-state index contributed by atoms with van der Waals surface area (Å²) in [5.74, 6) is 3.85. The number of aliphatic hydroxyl groups excluding tert-OH is 1. The summed E-state index contributed by atoms with van der Waals surface area (Å²) < 4.78 is 19.4. The van der Waals surface area contributed by atoms with E-state index in [1.807, 2.05) is 67.7 Å².